The Kier molecular flexibility index (Phi) is 5.80. The van der Waals surface area contributed by atoms with E-state index in [2.05, 4.69) is 20.2 Å². The van der Waals surface area contributed by atoms with Crippen molar-refractivity contribution >= 4 is 11.7 Å². The number of hydrogen-bond donors (Lipinski definition) is 2. The van der Waals surface area contributed by atoms with E-state index in [0.717, 1.165) is 18.7 Å². The van der Waals surface area contributed by atoms with E-state index in [9.17, 15) is 9.90 Å². The molecule has 1 aromatic carbocycles. The van der Waals surface area contributed by atoms with Gasteiger partial charge in [0.05, 0.1) is 24.2 Å². The molecule has 1 aliphatic heterocycles. The molecule has 1 saturated heterocycles. The molecule has 7 heteroatoms. The fourth-order valence-corrected chi connectivity index (χ4v) is 3.20. The first-order valence-electron chi connectivity index (χ1n) is 8.88. The highest BCUT2D eigenvalue weighted by Gasteiger charge is 2.27. The third-order valence-electron chi connectivity index (χ3n) is 4.43. The van der Waals surface area contributed by atoms with E-state index < -0.39 is 0 Å². The van der Waals surface area contributed by atoms with Crippen LogP contribution in [0.2, 0.25) is 0 Å². The Morgan fingerprint density at radius 3 is 2.58 bits per heavy atom. The number of benzene rings is 1. The van der Waals surface area contributed by atoms with Crippen LogP contribution < -0.4 is 5.32 Å². The molecule has 2 amide bonds. The van der Waals surface area contributed by atoms with Crippen molar-refractivity contribution in [2.24, 2.45) is 0 Å². The summed E-state index contributed by atoms with van der Waals surface area (Å²) in [7, 11) is 0. The highest BCUT2D eigenvalue weighted by atomic mass is 16.3. The van der Waals surface area contributed by atoms with Gasteiger partial charge in [-0.15, -0.1) is 0 Å². The second-order valence-corrected chi connectivity index (χ2v) is 6.74. The van der Waals surface area contributed by atoms with Crippen molar-refractivity contribution in [3.05, 3.63) is 42.7 Å². The first-order valence-corrected chi connectivity index (χ1v) is 8.88. The number of piperazine rings is 1. The predicted octanol–water partition coefficient (Wildman–Crippen LogP) is 2.06. The predicted molar refractivity (Wildman–Crippen MR) is 101 cm³/mol. The third kappa shape index (κ3) is 4.56. The average molecular weight is 355 g/mol. The molecule has 3 rings (SSSR count). The van der Waals surface area contributed by atoms with Crippen LogP contribution in [-0.4, -0.2) is 69.2 Å². The quantitative estimate of drug-likeness (QED) is 0.877. The van der Waals surface area contributed by atoms with Gasteiger partial charge in [-0.2, -0.15) is 0 Å². The maximum absolute atomic E-state index is 12.6. The molecule has 2 heterocycles. The monoisotopic (exact) mass is 355 g/mol. The summed E-state index contributed by atoms with van der Waals surface area (Å²) < 4.78 is 0. The molecule has 2 N–H and O–H groups in total. The van der Waals surface area contributed by atoms with Crippen LogP contribution in [0.1, 0.15) is 13.8 Å². The van der Waals surface area contributed by atoms with E-state index in [1.54, 1.807) is 19.3 Å². The maximum Gasteiger partial charge on any atom is 0.322 e. The molecule has 7 nitrogen and oxygen atoms in total. The summed E-state index contributed by atoms with van der Waals surface area (Å²) >= 11 is 0. The first kappa shape index (κ1) is 18.3. The lowest BCUT2D eigenvalue weighted by Crippen LogP contribution is -2.56. The summed E-state index contributed by atoms with van der Waals surface area (Å²) in [5, 5.41) is 12.4. The molecule has 2 atom stereocenters. The zero-order valence-electron chi connectivity index (χ0n) is 15.2. The number of urea groups is 1. The fraction of sp³-hybridized carbons (Fsp3) is 0.421. The van der Waals surface area contributed by atoms with E-state index in [-0.39, 0.29) is 18.2 Å². The topological polar surface area (TPSA) is 81.6 Å². The standard InChI is InChI=1S/C19H25N5O2/c1-14-12-23(13-15(2)25)8-9-24(14)19(26)22-17-10-20-18(21-11-17)16-6-4-3-5-7-16/h3-7,10-11,14-15,25H,8-9,12-13H2,1-2H3,(H,22,26)/t14-,15+/m0/s1. The SMILES string of the molecule is C[C@@H](O)CN1CCN(C(=O)Nc2cnc(-c3ccccc3)nc2)[C@@H](C)C1. The van der Waals surface area contributed by atoms with Gasteiger partial charge < -0.3 is 15.3 Å². The molecule has 0 unspecified atom stereocenters. The van der Waals surface area contributed by atoms with E-state index in [1.807, 2.05) is 42.2 Å². The molecule has 1 aromatic heterocycles. The van der Waals surface area contributed by atoms with E-state index >= 15 is 0 Å². The smallest absolute Gasteiger partial charge is 0.322 e. The van der Waals surface area contributed by atoms with E-state index in [4.69, 9.17) is 0 Å². The normalized spacial score (nSPS) is 19.2. The largest absolute Gasteiger partial charge is 0.392 e. The lowest BCUT2D eigenvalue weighted by molar-refractivity contribution is 0.0692. The van der Waals surface area contributed by atoms with Crippen molar-refractivity contribution in [1.29, 1.82) is 0 Å². The van der Waals surface area contributed by atoms with Gasteiger partial charge in [0.2, 0.25) is 0 Å². The van der Waals surface area contributed by atoms with Crippen molar-refractivity contribution in [3.8, 4) is 11.4 Å². The molecule has 0 saturated carbocycles. The van der Waals surface area contributed by atoms with Crippen LogP contribution in [0.15, 0.2) is 42.7 Å². The number of hydrogen-bond acceptors (Lipinski definition) is 5. The molecule has 0 spiro atoms. The number of nitrogens with one attached hydrogen (secondary N) is 1. The van der Waals surface area contributed by atoms with Crippen LogP contribution in [0.4, 0.5) is 10.5 Å². The Labute approximate surface area is 153 Å². The molecular formula is C19H25N5O2. The fourth-order valence-electron chi connectivity index (χ4n) is 3.20. The third-order valence-corrected chi connectivity index (χ3v) is 4.43. The number of β-amino-alcohol motifs (C(OH)–C–C–N with tert-alkyl or cyclic N) is 1. The lowest BCUT2D eigenvalue weighted by Gasteiger charge is -2.40. The Morgan fingerprint density at radius 2 is 1.96 bits per heavy atom. The summed E-state index contributed by atoms with van der Waals surface area (Å²) in [6.07, 6.45) is 2.89. The number of rotatable bonds is 4. The summed E-state index contributed by atoms with van der Waals surface area (Å²) in [5.74, 6) is 0.628. The van der Waals surface area contributed by atoms with Crippen molar-refractivity contribution < 1.29 is 9.90 Å². The van der Waals surface area contributed by atoms with Gasteiger partial charge in [0.25, 0.3) is 0 Å². The molecule has 2 aromatic rings. The van der Waals surface area contributed by atoms with Gasteiger partial charge in [-0.05, 0) is 13.8 Å². The number of amides is 2. The molecule has 0 radical (unpaired) electrons. The molecule has 1 fully saturated rings. The van der Waals surface area contributed by atoms with Crippen molar-refractivity contribution in [2.75, 3.05) is 31.5 Å². The van der Waals surface area contributed by atoms with Gasteiger partial charge in [-0.25, -0.2) is 14.8 Å². The number of aromatic nitrogens is 2. The minimum atomic E-state index is -0.358. The number of aliphatic hydroxyl groups is 1. The maximum atomic E-state index is 12.6. The van der Waals surface area contributed by atoms with Gasteiger partial charge in [0, 0.05) is 37.8 Å². The van der Waals surface area contributed by atoms with Gasteiger partial charge in [-0.3, -0.25) is 4.90 Å². The number of aliphatic hydroxyl groups excluding tert-OH is 1. The van der Waals surface area contributed by atoms with Crippen LogP contribution >= 0.6 is 0 Å². The number of nitrogens with zero attached hydrogens (tertiary/aromatic N) is 4. The zero-order chi connectivity index (χ0) is 18.5. The van der Waals surface area contributed by atoms with Crippen LogP contribution in [0.25, 0.3) is 11.4 Å². The second-order valence-electron chi connectivity index (χ2n) is 6.74. The van der Waals surface area contributed by atoms with Gasteiger partial charge in [0.1, 0.15) is 0 Å². The van der Waals surface area contributed by atoms with E-state index in [0.29, 0.717) is 24.6 Å². The number of anilines is 1. The molecular weight excluding hydrogens is 330 g/mol. The lowest BCUT2D eigenvalue weighted by atomic mass is 10.2. The first-order chi connectivity index (χ1) is 12.5. The van der Waals surface area contributed by atoms with Crippen molar-refractivity contribution in [2.45, 2.75) is 26.0 Å². The summed E-state index contributed by atoms with van der Waals surface area (Å²) in [6, 6.07) is 9.64. The Bertz CT molecular complexity index is 720. The average Bonchev–Trinajstić information content (AvgIpc) is 2.62. The van der Waals surface area contributed by atoms with Gasteiger partial charge >= 0.3 is 6.03 Å². The van der Waals surface area contributed by atoms with Crippen LogP contribution in [0.3, 0.4) is 0 Å². The minimum Gasteiger partial charge on any atom is -0.392 e. The van der Waals surface area contributed by atoms with Crippen molar-refractivity contribution in [1.82, 2.24) is 19.8 Å². The van der Waals surface area contributed by atoms with Gasteiger partial charge in [0.15, 0.2) is 5.82 Å². The highest BCUT2D eigenvalue weighted by molar-refractivity contribution is 5.89. The van der Waals surface area contributed by atoms with Gasteiger partial charge in [-0.1, -0.05) is 30.3 Å². The van der Waals surface area contributed by atoms with Crippen LogP contribution in [-0.2, 0) is 0 Å². The highest BCUT2D eigenvalue weighted by Crippen LogP contribution is 2.16. The second kappa shape index (κ2) is 8.25. The Balaban J connectivity index is 1.58. The van der Waals surface area contributed by atoms with E-state index in [1.165, 1.54) is 0 Å². The molecule has 26 heavy (non-hydrogen) atoms. The Hall–Kier alpha value is -2.51. The summed E-state index contributed by atoms with van der Waals surface area (Å²) in [5.41, 5.74) is 1.52. The van der Waals surface area contributed by atoms with Crippen LogP contribution in [0.5, 0.6) is 0 Å². The Morgan fingerprint density at radius 1 is 1.27 bits per heavy atom. The summed E-state index contributed by atoms with van der Waals surface area (Å²) in [6.45, 7) is 6.57. The summed E-state index contributed by atoms with van der Waals surface area (Å²) in [4.78, 5) is 25.2. The molecule has 138 valence electrons. The number of carbonyl (C=O) groups excluding carboxylic acids is 1. The van der Waals surface area contributed by atoms with Crippen LogP contribution in [0, 0.1) is 0 Å². The minimum absolute atomic E-state index is 0.0759. The molecule has 0 aliphatic carbocycles. The number of carbonyl (C=O) groups is 1. The molecule has 0 bridgehead atoms. The zero-order valence-corrected chi connectivity index (χ0v) is 15.2. The van der Waals surface area contributed by atoms with Crippen molar-refractivity contribution in [3.63, 3.8) is 0 Å². The molecule has 1 aliphatic rings.